The summed E-state index contributed by atoms with van der Waals surface area (Å²) in [6.07, 6.45) is 0.589. The maximum atomic E-state index is 12.2. The zero-order valence-electron chi connectivity index (χ0n) is 11.3. The van der Waals surface area contributed by atoms with Crippen molar-refractivity contribution < 1.29 is 23.8 Å². The highest BCUT2D eigenvalue weighted by Gasteiger charge is 2.26. The van der Waals surface area contributed by atoms with E-state index in [9.17, 15) is 9.59 Å². The summed E-state index contributed by atoms with van der Waals surface area (Å²) in [6.45, 7) is 0.431. The summed E-state index contributed by atoms with van der Waals surface area (Å²) in [4.78, 5) is 22.9. The first kappa shape index (κ1) is 14.5. The Morgan fingerprint density at radius 3 is 2.73 bits per heavy atom. The molecule has 0 bridgehead atoms. The number of hydrogen-bond acceptors (Lipinski definition) is 4. The van der Waals surface area contributed by atoms with E-state index in [4.69, 9.17) is 25.9 Å². The number of ether oxygens (including phenoxy) is 1. The molecule has 3 rings (SSSR count). The number of carboxylic acids is 1. The fraction of sp³-hybridized carbons (Fsp3) is 0.200. The predicted molar refractivity (Wildman–Crippen MR) is 77.4 cm³/mol. The minimum atomic E-state index is -1.22. The van der Waals surface area contributed by atoms with Crippen molar-refractivity contribution >= 4 is 23.5 Å². The second-order valence-electron chi connectivity index (χ2n) is 4.79. The van der Waals surface area contributed by atoms with E-state index in [1.54, 1.807) is 12.1 Å². The minimum absolute atomic E-state index is 0.0486. The molecule has 0 spiro atoms. The highest BCUT2D eigenvalue weighted by Crippen LogP contribution is 2.37. The molecule has 0 radical (unpaired) electrons. The Bertz CT molecular complexity index is 739. The molecule has 2 N–H and O–H groups in total. The lowest BCUT2D eigenvalue weighted by Gasteiger charge is -2.27. The lowest BCUT2D eigenvalue weighted by Crippen LogP contribution is -2.32. The number of carbonyl (C=O) groups is 2. The second-order valence-corrected chi connectivity index (χ2v) is 5.20. The average molecular weight is 322 g/mol. The molecule has 0 fully saturated rings. The van der Waals surface area contributed by atoms with Crippen LogP contribution in [0.25, 0.3) is 0 Å². The molecular weight excluding hydrogens is 310 g/mol. The molecule has 1 aromatic carbocycles. The van der Waals surface area contributed by atoms with Gasteiger partial charge in [0, 0.05) is 12.0 Å². The van der Waals surface area contributed by atoms with Gasteiger partial charge >= 0.3 is 5.97 Å². The summed E-state index contributed by atoms with van der Waals surface area (Å²) in [5, 5.41) is 12.1. The number of fused-ring (bicyclic) bond motifs is 1. The van der Waals surface area contributed by atoms with Crippen LogP contribution in [-0.2, 0) is 0 Å². The predicted octanol–water partition coefficient (Wildman–Crippen LogP) is 2.88. The van der Waals surface area contributed by atoms with E-state index in [1.165, 1.54) is 12.1 Å². The fourth-order valence-electron chi connectivity index (χ4n) is 2.34. The number of para-hydroxylation sites is 1. The molecule has 114 valence electrons. The first-order chi connectivity index (χ1) is 10.6. The molecule has 1 aromatic heterocycles. The van der Waals surface area contributed by atoms with Crippen LogP contribution < -0.4 is 10.1 Å². The van der Waals surface area contributed by atoms with Gasteiger partial charge in [-0.25, -0.2) is 4.79 Å². The van der Waals surface area contributed by atoms with Crippen LogP contribution in [-0.4, -0.2) is 23.6 Å². The zero-order chi connectivity index (χ0) is 15.7. The minimum Gasteiger partial charge on any atom is -0.492 e. The Kier molecular flexibility index (Phi) is 3.77. The number of hydrogen-bond donors (Lipinski definition) is 2. The van der Waals surface area contributed by atoms with E-state index in [0.29, 0.717) is 23.8 Å². The van der Waals surface area contributed by atoms with Gasteiger partial charge in [-0.1, -0.05) is 23.7 Å². The largest absolute Gasteiger partial charge is 0.492 e. The summed E-state index contributed by atoms with van der Waals surface area (Å²) < 4.78 is 10.5. The molecule has 2 aromatic rings. The van der Waals surface area contributed by atoms with Crippen LogP contribution >= 0.6 is 11.6 Å². The monoisotopic (exact) mass is 321 g/mol. The van der Waals surface area contributed by atoms with E-state index < -0.39 is 11.9 Å². The third kappa shape index (κ3) is 2.65. The van der Waals surface area contributed by atoms with Crippen molar-refractivity contribution in [2.24, 2.45) is 0 Å². The number of carboxylic acid groups (broad SMARTS) is 1. The van der Waals surface area contributed by atoms with Gasteiger partial charge in [0.05, 0.1) is 17.7 Å². The molecule has 0 saturated heterocycles. The van der Waals surface area contributed by atoms with Crippen molar-refractivity contribution in [1.82, 2.24) is 5.32 Å². The van der Waals surface area contributed by atoms with E-state index in [-0.39, 0.29) is 17.6 Å². The fourth-order valence-corrected chi connectivity index (χ4v) is 2.58. The number of halogens is 1. The Hall–Kier alpha value is -2.47. The number of carbonyl (C=O) groups excluding carboxylic acids is 1. The van der Waals surface area contributed by atoms with Gasteiger partial charge in [0.15, 0.2) is 5.76 Å². The van der Waals surface area contributed by atoms with Gasteiger partial charge in [-0.2, -0.15) is 0 Å². The van der Waals surface area contributed by atoms with Crippen molar-refractivity contribution in [3.05, 3.63) is 52.4 Å². The molecule has 1 amide bonds. The van der Waals surface area contributed by atoms with Crippen molar-refractivity contribution in [1.29, 1.82) is 0 Å². The number of aromatic carboxylic acids is 1. The van der Waals surface area contributed by atoms with E-state index in [1.807, 2.05) is 6.07 Å². The van der Waals surface area contributed by atoms with E-state index in [0.717, 1.165) is 5.56 Å². The number of nitrogens with one attached hydrogen (secondary N) is 1. The van der Waals surface area contributed by atoms with Crippen molar-refractivity contribution in [3.8, 4) is 5.75 Å². The highest BCUT2D eigenvalue weighted by molar-refractivity contribution is 6.32. The molecule has 1 atom stereocenters. The van der Waals surface area contributed by atoms with Crippen LogP contribution in [0.1, 0.15) is 39.1 Å². The van der Waals surface area contributed by atoms with Crippen molar-refractivity contribution in [2.75, 3.05) is 6.61 Å². The maximum absolute atomic E-state index is 12.2. The van der Waals surface area contributed by atoms with Gasteiger partial charge in [0.2, 0.25) is 5.76 Å². The third-order valence-corrected chi connectivity index (χ3v) is 3.67. The van der Waals surface area contributed by atoms with Gasteiger partial charge in [-0.15, -0.1) is 0 Å². The lowest BCUT2D eigenvalue weighted by atomic mass is 10.0. The number of furan rings is 1. The normalized spacial score (nSPS) is 16.5. The Morgan fingerprint density at radius 2 is 2.00 bits per heavy atom. The Balaban J connectivity index is 1.80. The quantitative estimate of drug-likeness (QED) is 0.907. The Morgan fingerprint density at radius 1 is 1.23 bits per heavy atom. The molecule has 1 aliphatic rings. The summed E-state index contributed by atoms with van der Waals surface area (Å²) >= 11 is 6.08. The van der Waals surface area contributed by atoms with E-state index >= 15 is 0 Å². The van der Waals surface area contributed by atoms with Crippen molar-refractivity contribution in [3.63, 3.8) is 0 Å². The summed E-state index contributed by atoms with van der Waals surface area (Å²) in [5.74, 6) is -1.47. The molecule has 22 heavy (non-hydrogen) atoms. The average Bonchev–Trinajstić information content (AvgIpc) is 2.98. The SMILES string of the molecule is O=C(O)c1ccc(C(=O)N[C@H]2CCOc3c(Cl)cccc32)o1. The molecule has 2 heterocycles. The van der Waals surface area contributed by atoms with Gasteiger partial charge < -0.3 is 19.6 Å². The molecular formula is C15H12ClNO5. The lowest BCUT2D eigenvalue weighted by molar-refractivity contribution is 0.0659. The summed E-state index contributed by atoms with van der Waals surface area (Å²) in [5.41, 5.74) is 0.789. The number of amides is 1. The highest BCUT2D eigenvalue weighted by atomic mass is 35.5. The second kappa shape index (κ2) is 5.73. The van der Waals surface area contributed by atoms with Crippen LogP contribution in [0.5, 0.6) is 5.75 Å². The van der Waals surface area contributed by atoms with Gasteiger partial charge in [0.25, 0.3) is 5.91 Å². The first-order valence-corrected chi connectivity index (χ1v) is 6.99. The standard InChI is InChI=1S/C15H12ClNO5/c16-9-3-1-2-8-10(6-7-21-13(8)9)17-14(18)11-4-5-12(22-11)15(19)20/h1-5,10H,6-7H2,(H,17,18)(H,19,20)/t10-/m0/s1. The number of rotatable bonds is 3. The van der Waals surface area contributed by atoms with E-state index in [2.05, 4.69) is 5.32 Å². The maximum Gasteiger partial charge on any atom is 0.371 e. The zero-order valence-corrected chi connectivity index (χ0v) is 12.1. The third-order valence-electron chi connectivity index (χ3n) is 3.37. The summed E-state index contributed by atoms with van der Waals surface area (Å²) in [6, 6.07) is 7.63. The topological polar surface area (TPSA) is 88.8 Å². The van der Waals surface area contributed by atoms with Crippen molar-refractivity contribution in [2.45, 2.75) is 12.5 Å². The number of benzene rings is 1. The first-order valence-electron chi connectivity index (χ1n) is 6.61. The smallest absolute Gasteiger partial charge is 0.371 e. The molecule has 7 heteroatoms. The molecule has 0 saturated carbocycles. The van der Waals surface area contributed by atoms with Crippen LogP contribution in [0.2, 0.25) is 5.02 Å². The van der Waals surface area contributed by atoms with Gasteiger partial charge in [-0.05, 0) is 18.2 Å². The molecule has 1 aliphatic heterocycles. The molecule has 0 aliphatic carbocycles. The Labute approximate surface area is 130 Å². The van der Waals surface area contributed by atoms with Crippen LogP contribution in [0, 0.1) is 0 Å². The van der Waals surface area contributed by atoms with Gasteiger partial charge in [0.1, 0.15) is 5.75 Å². The van der Waals surface area contributed by atoms with Gasteiger partial charge in [-0.3, -0.25) is 4.79 Å². The molecule has 0 unspecified atom stereocenters. The summed E-state index contributed by atoms with van der Waals surface area (Å²) in [7, 11) is 0. The van der Waals surface area contributed by atoms with Crippen LogP contribution in [0.15, 0.2) is 34.7 Å². The van der Waals surface area contributed by atoms with Crippen LogP contribution in [0.4, 0.5) is 0 Å². The van der Waals surface area contributed by atoms with Crippen LogP contribution in [0.3, 0.4) is 0 Å². The molecule has 6 nitrogen and oxygen atoms in total.